The molecule has 2 fully saturated rings. The maximum Gasteiger partial charge on any atom is 0.168 e. The normalized spacial score (nSPS) is 26.3. The van der Waals surface area contributed by atoms with Gasteiger partial charge in [0.1, 0.15) is 5.60 Å². The Labute approximate surface area is 113 Å². The summed E-state index contributed by atoms with van der Waals surface area (Å²) < 4.78 is 17.7. The van der Waals surface area contributed by atoms with E-state index in [0.717, 1.165) is 38.9 Å². The fraction of sp³-hybridized carbons (Fsp3) is 0.500. The minimum absolute atomic E-state index is 0.175. The Kier molecular flexibility index (Phi) is 2.47. The molecule has 19 heavy (non-hydrogen) atoms. The number of rotatable bonds is 0. The molecule has 2 aliphatic heterocycles. The van der Waals surface area contributed by atoms with Gasteiger partial charge in [-0.2, -0.15) is 0 Å². The highest BCUT2D eigenvalue weighted by Gasteiger charge is 2.49. The number of fused-ring (bicyclic) bond motifs is 2. The Hall–Kier alpha value is -1.32. The fourth-order valence-electron chi connectivity index (χ4n) is 3.57. The predicted molar refractivity (Wildman–Crippen MR) is 71.3 cm³/mol. The van der Waals surface area contributed by atoms with Gasteiger partial charge in [-0.05, 0) is 24.5 Å². The molecule has 1 saturated heterocycles. The second kappa shape index (κ2) is 4.09. The average molecular weight is 258 g/mol. The largest absolute Gasteiger partial charge is 0.490 e. The SMILES string of the molecule is C1=Cc2ccccc2C2(CCC3(CC2)OCCO3)O1. The minimum atomic E-state index is -0.329. The average Bonchev–Trinajstić information content (AvgIpc) is 2.92. The number of benzene rings is 1. The van der Waals surface area contributed by atoms with Gasteiger partial charge in [-0.1, -0.05) is 24.3 Å². The standard InChI is InChI=1S/C16H18O3/c1-2-4-14-13(3-1)5-10-17-15(14)6-8-16(9-7-15)18-11-12-19-16/h1-5,10H,6-9,11-12H2. The van der Waals surface area contributed by atoms with E-state index >= 15 is 0 Å². The maximum absolute atomic E-state index is 6.04. The Bertz CT molecular complexity index is 504. The summed E-state index contributed by atoms with van der Waals surface area (Å²) in [7, 11) is 0. The van der Waals surface area contributed by atoms with E-state index in [0.29, 0.717) is 0 Å². The van der Waals surface area contributed by atoms with Crippen LogP contribution >= 0.6 is 0 Å². The summed E-state index contributed by atoms with van der Waals surface area (Å²) in [6.07, 6.45) is 7.62. The summed E-state index contributed by atoms with van der Waals surface area (Å²) in [6, 6.07) is 8.52. The van der Waals surface area contributed by atoms with E-state index in [1.54, 1.807) is 0 Å². The van der Waals surface area contributed by atoms with Gasteiger partial charge < -0.3 is 14.2 Å². The first-order valence-corrected chi connectivity index (χ1v) is 7.04. The lowest BCUT2D eigenvalue weighted by Crippen LogP contribution is -2.43. The van der Waals surface area contributed by atoms with E-state index in [-0.39, 0.29) is 11.4 Å². The molecule has 3 nitrogen and oxygen atoms in total. The summed E-state index contributed by atoms with van der Waals surface area (Å²) >= 11 is 0. The molecule has 2 heterocycles. The van der Waals surface area contributed by atoms with Crippen LogP contribution in [0.15, 0.2) is 30.5 Å². The van der Waals surface area contributed by atoms with Crippen LogP contribution in [0.3, 0.4) is 0 Å². The quantitative estimate of drug-likeness (QED) is 0.715. The van der Waals surface area contributed by atoms with Crippen molar-refractivity contribution >= 4 is 6.08 Å². The summed E-state index contributed by atoms with van der Waals surface area (Å²) in [4.78, 5) is 0. The van der Waals surface area contributed by atoms with Gasteiger partial charge in [0.25, 0.3) is 0 Å². The second-order valence-electron chi connectivity index (χ2n) is 5.61. The fourth-order valence-corrected chi connectivity index (χ4v) is 3.57. The lowest BCUT2D eigenvalue weighted by Gasteiger charge is -2.44. The maximum atomic E-state index is 6.04. The van der Waals surface area contributed by atoms with Gasteiger partial charge in [-0.25, -0.2) is 0 Å². The lowest BCUT2D eigenvalue weighted by molar-refractivity contribution is -0.205. The van der Waals surface area contributed by atoms with Crippen molar-refractivity contribution in [2.45, 2.75) is 37.1 Å². The van der Waals surface area contributed by atoms with E-state index in [4.69, 9.17) is 14.2 Å². The van der Waals surface area contributed by atoms with Gasteiger partial charge in [-0.3, -0.25) is 0 Å². The highest BCUT2D eigenvalue weighted by molar-refractivity contribution is 5.57. The Morgan fingerprint density at radius 2 is 1.63 bits per heavy atom. The summed E-state index contributed by atoms with van der Waals surface area (Å²) in [5, 5.41) is 0. The smallest absolute Gasteiger partial charge is 0.168 e. The van der Waals surface area contributed by atoms with Crippen molar-refractivity contribution in [3.8, 4) is 0 Å². The van der Waals surface area contributed by atoms with Crippen molar-refractivity contribution in [2.75, 3.05) is 13.2 Å². The molecule has 0 N–H and O–H groups in total. The topological polar surface area (TPSA) is 27.7 Å². The highest BCUT2D eigenvalue weighted by atomic mass is 16.7. The van der Waals surface area contributed by atoms with E-state index in [2.05, 4.69) is 24.3 Å². The first-order valence-electron chi connectivity index (χ1n) is 7.04. The van der Waals surface area contributed by atoms with Crippen molar-refractivity contribution in [3.63, 3.8) is 0 Å². The van der Waals surface area contributed by atoms with Crippen molar-refractivity contribution < 1.29 is 14.2 Å². The van der Waals surface area contributed by atoms with Crippen molar-refractivity contribution in [2.24, 2.45) is 0 Å². The first-order chi connectivity index (χ1) is 9.32. The van der Waals surface area contributed by atoms with Crippen LogP contribution in [0.25, 0.3) is 6.08 Å². The molecule has 0 atom stereocenters. The molecule has 0 amide bonds. The Balaban J connectivity index is 1.64. The molecule has 3 heteroatoms. The van der Waals surface area contributed by atoms with Crippen molar-refractivity contribution in [1.29, 1.82) is 0 Å². The van der Waals surface area contributed by atoms with Crippen LogP contribution in [-0.2, 0) is 19.8 Å². The van der Waals surface area contributed by atoms with E-state index in [9.17, 15) is 0 Å². The van der Waals surface area contributed by atoms with Crippen LogP contribution in [0.2, 0.25) is 0 Å². The van der Waals surface area contributed by atoms with Gasteiger partial charge in [0.2, 0.25) is 0 Å². The van der Waals surface area contributed by atoms with Crippen LogP contribution in [0.5, 0.6) is 0 Å². The highest BCUT2D eigenvalue weighted by Crippen LogP contribution is 2.49. The zero-order chi connectivity index (χ0) is 12.8. The summed E-state index contributed by atoms with van der Waals surface area (Å²) in [5.41, 5.74) is 2.41. The van der Waals surface area contributed by atoms with Crippen molar-refractivity contribution in [1.82, 2.24) is 0 Å². The molecule has 0 aromatic heterocycles. The second-order valence-corrected chi connectivity index (χ2v) is 5.61. The number of ether oxygens (including phenoxy) is 3. The molecule has 0 bridgehead atoms. The summed E-state index contributed by atoms with van der Waals surface area (Å²) in [5.74, 6) is -0.329. The summed E-state index contributed by atoms with van der Waals surface area (Å²) in [6.45, 7) is 1.45. The zero-order valence-corrected chi connectivity index (χ0v) is 10.9. The molecule has 3 aliphatic rings. The van der Waals surface area contributed by atoms with Gasteiger partial charge in [-0.15, -0.1) is 0 Å². The number of hydrogen-bond donors (Lipinski definition) is 0. The predicted octanol–water partition coefficient (Wildman–Crippen LogP) is 3.20. The molecular weight excluding hydrogens is 240 g/mol. The van der Waals surface area contributed by atoms with Gasteiger partial charge in [0, 0.05) is 18.4 Å². The molecule has 0 unspecified atom stereocenters. The van der Waals surface area contributed by atoms with Crippen molar-refractivity contribution in [3.05, 3.63) is 41.7 Å². The van der Waals surface area contributed by atoms with Crippen LogP contribution in [0.4, 0.5) is 0 Å². The minimum Gasteiger partial charge on any atom is -0.490 e. The molecule has 1 aromatic carbocycles. The third kappa shape index (κ3) is 1.72. The molecule has 1 saturated carbocycles. The van der Waals surface area contributed by atoms with Gasteiger partial charge in [0.15, 0.2) is 5.79 Å². The van der Waals surface area contributed by atoms with Gasteiger partial charge in [0.05, 0.1) is 19.5 Å². The third-order valence-electron chi connectivity index (χ3n) is 4.63. The van der Waals surface area contributed by atoms with Crippen LogP contribution in [-0.4, -0.2) is 19.0 Å². The molecule has 4 rings (SSSR count). The molecule has 100 valence electrons. The molecule has 1 aliphatic carbocycles. The molecule has 1 aromatic rings. The first kappa shape index (κ1) is 11.5. The van der Waals surface area contributed by atoms with Crippen LogP contribution < -0.4 is 0 Å². The third-order valence-corrected chi connectivity index (χ3v) is 4.63. The lowest BCUT2D eigenvalue weighted by atomic mass is 9.74. The van der Waals surface area contributed by atoms with E-state index < -0.39 is 0 Å². The Morgan fingerprint density at radius 1 is 0.895 bits per heavy atom. The van der Waals surface area contributed by atoms with E-state index in [1.165, 1.54) is 11.1 Å². The van der Waals surface area contributed by atoms with E-state index in [1.807, 2.05) is 12.3 Å². The molecular formula is C16H18O3. The Morgan fingerprint density at radius 3 is 2.42 bits per heavy atom. The molecule has 2 spiro atoms. The van der Waals surface area contributed by atoms with Crippen LogP contribution in [0, 0.1) is 0 Å². The zero-order valence-electron chi connectivity index (χ0n) is 10.9. The molecule has 0 radical (unpaired) electrons. The number of hydrogen-bond acceptors (Lipinski definition) is 3. The monoisotopic (exact) mass is 258 g/mol. The van der Waals surface area contributed by atoms with Crippen LogP contribution in [0.1, 0.15) is 36.8 Å². The van der Waals surface area contributed by atoms with Gasteiger partial charge >= 0.3 is 0 Å².